The summed E-state index contributed by atoms with van der Waals surface area (Å²) >= 11 is 0. The second-order valence-electron chi connectivity index (χ2n) is 8.70. The molecule has 2 aliphatic heterocycles. The van der Waals surface area contributed by atoms with E-state index < -0.39 is 0 Å². The molecular formula is C26H30FN5. The molecule has 0 saturated carbocycles. The standard InChI is InChI=1S/C26H30FN5/c1-2-20-7-9-21(10-8-20)18-30-12-11-24-22(19-30)17-28-26(29-24)32-15-13-31(14-16-32)25-6-4-3-5-23(25)27/h3-10,17H,2,11-16,18-19H2,1H3. The zero-order valence-corrected chi connectivity index (χ0v) is 18.7. The second-order valence-corrected chi connectivity index (χ2v) is 8.70. The Morgan fingerprint density at radius 3 is 2.34 bits per heavy atom. The minimum atomic E-state index is -0.156. The highest BCUT2D eigenvalue weighted by Gasteiger charge is 2.23. The third-order valence-corrected chi connectivity index (χ3v) is 6.59. The maximum Gasteiger partial charge on any atom is 0.225 e. The Kier molecular flexibility index (Phi) is 6.04. The van der Waals surface area contributed by atoms with E-state index >= 15 is 0 Å². The number of hydrogen-bond donors (Lipinski definition) is 0. The van der Waals surface area contributed by atoms with Crippen LogP contribution in [0.25, 0.3) is 0 Å². The topological polar surface area (TPSA) is 35.5 Å². The van der Waals surface area contributed by atoms with Crippen molar-refractivity contribution in [3.05, 3.63) is 82.9 Å². The molecular weight excluding hydrogens is 401 g/mol. The molecule has 2 aliphatic rings. The molecule has 3 heterocycles. The molecule has 3 aromatic rings. The summed E-state index contributed by atoms with van der Waals surface area (Å²) in [5.41, 5.74) is 5.83. The van der Waals surface area contributed by atoms with Gasteiger partial charge in [-0.2, -0.15) is 0 Å². The molecule has 0 unspecified atom stereocenters. The molecule has 0 spiro atoms. The van der Waals surface area contributed by atoms with Crippen molar-refractivity contribution >= 4 is 11.6 Å². The molecule has 0 aliphatic carbocycles. The first kappa shape index (κ1) is 20.9. The van der Waals surface area contributed by atoms with Gasteiger partial charge in [-0.1, -0.05) is 43.3 Å². The maximum atomic E-state index is 14.1. The molecule has 0 radical (unpaired) electrons. The van der Waals surface area contributed by atoms with Gasteiger partial charge in [0, 0.05) is 64.0 Å². The van der Waals surface area contributed by atoms with Gasteiger partial charge in [0.25, 0.3) is 0 Å². The van der Waals surface area contributed by atoms with Gasteiger partial charge in [0.1, 0.15) is 5.82 Å². The van der Waals surface area contributed by atoms with Crippen molar-refractivity contribution in [2.24, 2.45) is 0 Å². The predicted molar refractivity (Wildman–Crippen MR) is 126 cm³/mol. The van der Waals surface area contributed by atoms with Crippen molar-refractivity contribution in [3.63, 3.8) is 0 Å². The molecule has 6 heteroatoms. The van der Waals surface area contributed by atoms with Crippen LogP contribution < -0.4 is 9.80 Å². The van der Waals surface area contributed by atoms with Gasteiger partial charge in [-0.3, -0.25) is 4.90 Å². The molecule has 5 rings (SSSR count). The molecule has 166 valence electrons. The van der Waals surface area contributed by atoms with Gasteiger partial charge >= 0.3 is 0 Å². The second kappa shape index (κ2) is 9.25. The van der Waals surface area contributed by atoms with Crippen LogP contribution in [0.3, 0.4) is 0 Å². The fourth-order valence-corrected chi connectivity index (χ4v) is 4.65. The zero-order chi connectivity index (χ0) is 21.9. The highest BCUT2D eigenvalue weighted by Crippen LogP contribution is 2.24. The Balaban J connectivity index is 1.20. The highest BCUT2D eigenvalue weighted by atomic mass is 19.1. The van der Waals surface area contributed by atoms with E-state index in [0.29, 0.717) is 5.69 Å². The van der Waals surface area contributed by atoms with Crippen LogP contribution in [-0.2, 0) is 25.9 Å². The highest BCUT2D eigenvalue weighted by molar-refractivity contribution is 5.49. The minimum Gasteiger partial charge on any atom is -0.366 e. The van der Waals surface area contributed by atoms with Gasteiger partial charge in [-0.05, 0) is 29.7 Å². The molecule has 0 amide bonds. The summed E-state index contributed by atoms with van der Waals surface area (Å²) in [5.74, 6) is 0.650. The third-order valence-electron chi connectivity index (χ3n) is 6.59. The summed E-state index contributed by atoms with van der Waals surface area (Å²) in [4.78, 5) is 16.4. The Hall–Kier alpha value is -2.99. The Bertz CT molecular complexity index is 1060. The van der Waals surface area contributed by atoms with Gasteiger partial charge in [0.15, 0.2) is 0 Å². The first-order valence-corrected chi connectivity index (χ1v) is 11.6. The molecule has 1 aromatic heterocycles. The van der Waals surface area contributed by atoms with Gasteiger partial charge in [-0.25, -0.2) is 14.4 Å². The molecule has 0 atom stereocenters. The summed E-state index contributed by atoms with van der Waals surface area (Å²) in [6.45, 7) is 8.20. The van der Waals surface area contributed by atoms with Crippen LogP contribution in [-0.4, -0.2) is 47.6 Å². The lowest BCUT2D eigenvalue weighted by molar-refractivity contribution is 0.243. The van der Waals surface area contributed by atoms with E-state index in [4.69, 9.17) is 9.97 Å². The smallest absolute Gasteiger partial charge is 0.225 e. The van der Waals surface area contributed by atoms with E-state index in [1.54, 1.807) is 6.07 Å². The molecule has 32 heavy (non-hydrogen) atoms. The van der Waals surface area contributed by atoms with Crippen molar-refractivity contribution < 1.29 is 4.39 Å². The number of halogens is 1. The van der Waals surface area contributed by atoms with Crippen LogP contribution in [0.1, 0.15) is 29.3 Å². The van der Waals surface area contributed by atoms with Crippen molar-refractivity contribution in [2.75, 3.05) is 42.5 Å². The Morgan fingerprint density at radius 2 is 1.59 bits per heavy atom. The summed E-state index contributed by atoms with van der Waals surface area (Å²) in [5, 5.41) is 0. The quantitative estimate of drug-likeness (QED) is 0.609. The molecule has 5 nitrogen and oxygen atoms in total. The van der Waals surface area contributed by atoms with Crippen molar-refractivity contribution in [1.82, 2.24) is 14.9 Å². The van der Waals surface area contributed by atoms with Crippen LogP contribution in [0.4, 0.5) is 16.0 Å². The van der Waals surface area contributed by atoms with Crippen LogP contribution in [0.15, 0.2) is 54.7 Å². The average Bonchev–Trinajstić information content (AvgIpc) is 2.85. The van der Waals surface area contributed by atoms with E-state index in [1.165, 1.54) is 28.5 Å². The fraction of sp³-hybridized carbons (Fsp3) is 0.385. The molecule has 0 bridgehead atoms. The maximum absolute atomic E-state index is 14.1. The number of piperazine rings is 1. The summed E-state index contributed by atoms with van der Waals surface area (Å²) < 4.78 is 14.1. The van der Waals surface area contributed by atoms with Crippen molar-refractivity contribution in [3.8, 4) is 0 Å². The van der Waals surface area contributed by atoms with Crippen LogP contribution in [0.5, 0.6) is 0 Å². The van der Waals surface area contributed by atoms with E-state index in [-0.39, 0.29) is 5.82 Å². The summed E-state index contributed by atoms with van der Waals surface area (Å²) in [6, 6.07) is 16.0. The van der Waals surface area contributed by atoms with Crippen LogP contribution >= 0.6 is 0 Å². The van der Waals surface area contributed by atoms with E-state index in [0.717, 1.165) is 64.6 Å². The van der Waals surface area contributed by atoms with Crippen molar-refractivity contribution in [2.45, 2.75) is 32.9 Å². The predicted octanol–water partition coefficient (Wildman–Crippen LogP) is 4.06. The minimum absolute atomic E-state index is 0.156. The van der Waals surface area contributed by atoms with Crippen LogP contribution in [0.2, 0.25) is 0 Å². The number of para-hydroxylation sites is 1. The van der Waals surface area contributed by atoms with Crippen molar-refractivity contribution in [1.29, 1.82) is 0 Å². The molecule has 0 N–H and O–H groups in total. The normalized spacial score (nSPS) is 16.8. The largest absolute Gasteiger partial charge is 0.366 e. The zero-order valence-electron chi connectivity index (χ0n) is 18.7. The number of benzene rings is 2. The average molecular weight is 432 g/mol. The SMILES string of the molecule is CCc1ccc(CN2CCc3nc(N4CCN(c5ccccc5F)CC4)ncc3C2)cc1. The molecule has 2 aromatic carbocycles. The van der Waals surface area contributed by atoms with Gasteiger partial charge in [0.2, 0.25) is 5.95 Å². The number of nitrogens with zero attached hydrogens (tertiary/aromatic N) is 5. The summed E-state index contributed by atoms with van der Waals surface area (Å²) in [6.07, 6.45) is 4.04. The molecule has 1 saturated heterocycles. The monoisotopic (exact) mass is 431 g/mol. The number of anilines is 2. The lowest BCUT2D eigenvalue weighted by Crippen LogP contribution is -2.47. The molecule has 1 fully saturated rings. The van der Waals surface area contributed by atoms with Gasteiger partial charge < -0.3 is 9.80 Å². The summed E-state index contributed by atoms with van der Waals surface area (Å²) in [7, 11) is 0. The van der Waals surface area contributed by atoms with E-state index in [1.807, 2.05) is 18.3 Å². The number of fused-ring (bicyclic) bond motifs is 1. The van der Waals surface area contributed by atoms with Gasteiger partial charge in [-0.15, -0.1) is 0 Å². The number of rotatable bonds is 5. The van der Waals surface area contributed by atoms with E-state index in [2.05, 4.69) is 45.9 Å². The van der Waals surface area contributed by atoms with E-state index in [9.17, 15) is 4.39 Å². The number of aryl methyl sites for hydroxylation is 1. The van der Waals surface area contributed by atoms with Crippen LogP contribution in [0, 0.1) is 5.82 Å². The lowest BCUT2D eigenvalue weighted by Gasteiger charge is -2.36. The number of aromatic nitrogens is 2. The third kappa shape index (κ3) is 4.46. The number of hydrogen-bond acceptors (Lipinski definition) is 5. The first-order chi connectivity index (χ1) is 15.7. The first-order valence-electron chi connectivity index (χ1n) is 11.6. The lowest BCUT2D eigenvalue weighted by atomic mass is 10.1. The Morgan fingerprint density at radius 1 is 0.875 bits per heavy atom. The fourth-order valence-electron chi connectivity index (χ4n) is 4.65. The van der Waals surface area contributed by atoms with Gasteiger partial charge in [0.05, 0.1) is 11.4 Å². The Labute approximate surface area is 189 Å².